The number of nitriles is 1. The van der Waals surface area contributed by atoms with Crippen molar-refractivity contribution in [2.75, 3.05) is 19.0 Å². The third kappa shape index (κ3) is 8.05. The highest BCUT2D eigenvalue weighted by atomic mass is 35.5. The van der Waals surface area contributed by atoms with Crippen LogP contribution in [-0.2, 0) is 30.8 Å². The van der Waals surface area contributed by atoms with Crippen LogP contribution in [0.5, 0.6) is 11.5 Å². The topological polar surface area (TPSA) is 135 Å². The minimum Gasteiger partial charge on any atom is -0.453 e. The zero-order valence-electron chi connectivity index (χ0n) is 20.1. The molecule has 39 heavy (non-hydrogen) atoms. The van der Waals surface area contributed by atoms with Crippen LogP contribution in [0.25, 0.3) is 0 Å². The van der Waals surface area contributed by atoms with E-state index in [1.807, 2.05) is 10.8 Å². The van der Waals surface area contributed by atoms with Gasteiger partial charge in [0.25, 0.3) is 10.0 Å². The molecule has 0 saturated carbocycles. The van der Waals surface area contributed by atoms with Crippen molar-refractivity contribution < 1.29 is 31.9 Å². The maximum Gasteiger partial charge on any atom is 0.264 e. The molecule has 0 bridgehead atoms. The Kier molecular flexibility index (Phi) is 10.1. The molecule has 0 fully saturated rings. The Morgan fingerprint density at radius 1 is 1.03 bits per heavy atom. The first-order valence-electron chi connectivity index (χ1n) is 10.9. The molecule has 0 aliphatic heterocycles. The third-order valence-corrected chi connectivity index (χ3v) is 7.21. The summed E-state index contributed by atoms with van der Waals surface area (Å²) in [6.07, 6.45) is -0.615. The zero-order valence-corrected chi connectivity index (χ0v) is 23.1. The van der Waals surface area contributed by atoms with Crippen LogP contribution in [0.15, 0.2) is 53.4 Å². The molecule has 204 valence electrons. The molecule has 0 unspecified atom stereocenters. The number of nitrogens with one attached hydrogen (secondary N) is 2. The number of halogens is 4. The van der Waals surface area contributed by atoms with E-state index >= 15 is 4.39 Å². The number of benzene rings is 3. The van der Waals surface area contributed by atoms with Gasteiger partial charge in [-0.05, 0) is 42.5 Å². The van der Waals surface area contributed by atoms with Gasteiger partial charge in [0.05, 0.1) is 51.7 Å². The quantitative estimate of drug-likeness (QED) is 0.309. The van der Waals surface area contributed by atoms with Gasteiger partial charge in [-0.3, -0.25) is 9.59 Å². The molecule has 2 amide bonds. The van der Waals surface area contributed by atoms with E-state index in [1.165, 1.54) is 43.5 Å². The standard InChI is InChI=1S/C25H19Cl3FN3O6S/c1-37-7-6-22(33)32-39(35,36)18-3-5-21(20(28)12-18)31-23(34)10-15-2-4-19(27)25(24(15)29)38-17-9-14(13-30)8-16(26)11-17/h2-5,8-9,11-12H,6-7,10H2,1H3,(H,31,34)(H,32,33). The molecule has 3 rings (SSSR count). The molecule has 0 spiro atoms. The molecule has 2 N–H and O–H groups in total. The number of rotatable bonds is 10. The maximum atomic E-state index is 15.2. The second kappa shape index (κ2) is 13.1. The SMILES string of the molecule is COCCC(=O)NS(=O)(=O)c1ccc(NC(=O)Cc2ccc(Cl)c(Oc3cc(Cl)cc(C#N)c3)c2F)c(Cl)c1. The van der Waals surface area contributed by atoms with E-state index in [1.54, 1.807) is 0 Å². The highest BCUT2D eigenvalue weighted by Gasteiger charge is 2.21. The van der Waals surface area contributed by atoms with E-state index < -0.39 is 34.1 Å². The molecule has 0 heterocycles. The van der Waals surface area contributed by atoms with Crippen LogP contribution >= 0.6 is 34.8 Å². The average Bonchev–Trinajstić information content (AvgIpc) is 2.87. The van der Waals surface area contributed by atoms with Gasteiger partial charge in [-0.1, -0.05) is 40.9 Å². The molecular formula is C25H19Cl3FN3O6S. The van der Waals surface area contributed by atoms with Crippen molar-refractivity contribution in [3.8, 4) is 17.6 Å². The van der Waals surface area contributed by atoms with Gasteiger partial charge in [0, 0.05) is 17.7 Å². The molecule has 3 aromatic rings. The molecule has 9 nitrogen and oxygen atoms in total. The van der Waals surface area contributed by atoms with Crippen LogP contribution in [0.4, 0.5) is 10.1 Å². The summed E-state index contributed by atoms with van der Waals surface area (Å²) in [5, 5.41) is 11.6. The van der Waals surface area contributed by atoms with Crippen molar-refractivity contribution in [1.29, 1.82) is 5.26 Å². The van der Waals surface area contributed by atoms with Crippen LogP contribution in [0.3, 0.4) is 0 Å². The fourth-order valence-corrected chi connectivity index (χ4v) is 4.94. The van der Waals surface area contributed by atoms with Crippen molar-refractivity contribution in [3.63, 3.8) is 0 Å². The number of anilines is 1. The first kappa shape index (κ1) is 30.1. The lowest BCUT2D eigenvalue weighted by Gasteiger charge is -2.13. The van der Waals surface area contributed by atoms with Gasteiger partial charge >= 0.3 is 0 Å². The van der Waals surface area contributed by atoms with Crippen LogP contribution in [-0.4, -0.2) is 33.9 Å². The highest BCUT2D eigenvalue weighted by molar-refractivity contribution is 7.90. The number of sulfonamides is 1. The number of amides is 2. The van der Waals surface area contributed by atoms with E-state index in [4.69, 9.17) is 49.5 Å². The second-order valence-corrected chi connectivity index (χ2v) is 10.8. The van der Waals surface area contributed by atoms with E-state index in [9.17, 15) is 18.0 Å². The Balaban J connectivity index is 1.74. The molecule has 0 radical (unpaired) electrons. The highest BCUT2D eigenvalue weighted by Crippen LogP contribution is 2.35. The van der Waals surface area contributed by atoms with E-state index in [0.717, 1.165) is 12.1 Å². The summed E-state index contributed by atoms with van der Waals surface area (Å²) >= 11 is 18.2. The Labute approximate surface area is 238 Å². The number of carbonyl (C=O) groups is 2. The second-order valence-electron chi connectivity index (χ2n) is 7.88. The van der Waals surface area contributed by atoms with Gasteiger partial charge in [-0.25, -0.2) is 17.5 Å². The van der Waals surface area contributed by atoms with Crippen molar-refractivity contribution in [1.82, 2.24) is 4.72 Å². The fraction of sp³-hybridized carbons (Fsp3) is 0.160. The normalized spacial score (nSPS) is 11.0. The average molecular weight is 615 g/mol. The summed E-state index contributed by atoms with van der Waals surface area (Å²) in [4.78, 5) is 24.1. The van der Waals surface area contributed by atoms with E-state index in [0.29, 0.717) is 0 Å². The van der Waals surface area contributed by atoms with Gasteiger partial charge < -0.3 is 14.8 Å². The van der Waals surface area contributed by atoms with Crippen molar-refractivity contribution in [2.45, 2.75) is 17.7 Å². The monoisotopic (exact) mass is 613 g/mol. The molecule has 0 atom stereocenters. The molecule has 0 aliphatic rings. The largest absolute Gasteiger partial charge is 0.453 e. The van der Waals surface area contributed by atoms with Gasteiger partial charge in [0.15, 0.2) is 11.6 Å². The van der Waals surface area contributed by atoms with Crippen LogP contribution in [0, 0.1) is 17.1 Å². The summed E-state index contributed by atoms with van der Waals surface area (Å²) in [5.74, 6) is -2.65. The van der Waals surface area contributed by atoms with Gasteiger partial charge in [0.1, 0.15) is 5.75 Å². The van der Waals surface area contributed by atoms with E-state index in [-0.39, 0.29) is 61.3 Å². The predicted octanol–water partition coefficient (Wildman–Crippen LogP) is 5.47. The summed E-state index contributed by atoms with van der Waals surface area (Å²) in [6.45, 7) is 0.0393. The van der Waals surface area contributed by atoms with Crippen LogP contribution < -0.4 is 14.8 Å². The summed E-state index contributed by atoms with van der Waals surface area (Å²) in [5.41, 5.74) is 0.178. The summed E-state index contributed by atoms with van der Waals surface area (Å²) in [6, 6.07) is 12.1. The molecular weight excluding hydrogens is 596 g/mol. The van der Waals surface area contributed by atoms with Crippen molar-refractivity contribution in [3.05, 3.63) is 80.5 Å². The fourth-order valence-electron chi connectivity index (χ4n) is 3.19. The molecule has 14 heteroatoms. The first-order valence-corrected chi connectivity index (χ1v) is 13.5. The minimum atomic E-state index is -4.21. The van der Waals surface area contributed by atoms with Gasteiger partial charge in [-0.15, -0.1) is 0 Å². The molecule has 3 aromatic carbocycles. The summed E-state index contributed by atoms with van der Waals surface area (Å²) in [7, 11) is -2.84. The Hall–Kier alpha value is -3.40. The third-order valence-electron chi connectivity index (χ3n) is 5.01. The number of hydrogen-bond donors (Lipinski definition) is 2. The molecule has 0 aromatic heterocycles. The van der Waals surface area contributed by atoms with Gasteiger partial charge in [0.2, 0.25) is 11.8 Å². The lowest BCUT2D eigenvalue weighted by atomic mass is 10.1. The summed E-state index contributed by atoms with van der Waals surface area (Å²) < 4.78 is 52.2. The van der Waals surface area contributed by atoms with Crippen LogP contribution in [0.2, 0.25) is 15.1 Å². The van der Waals surface area contributed by atoms with Crippen LogP contribution in [0.1, 0.15) is 17.5 Å². The number of ether oxygens (including phenoxy) is 2. The Bertz CT molecular complexity index is 1580. The van der Waals surface area contributed by atoms with E-state index in [2.05, 4.69) is 5.32 Å². The zero-order chi connectivity index (χ0) is 28.7. The number of nitrogens with zero attached hydrogens (tertiary/aromatic N) is 1. The Morgan fingerprint density at radius 3 is 2.44 bits per heavy atom. The number of carbonyl (C=O) groups excluding carboxylic acids is 2. The minimum absolute atomic E-state index is 0.0393. The van der Waals surface area contributed by atoms with Crippen molar-refractivity contribution >= 4 is 62.3 Å². The first-order chi connectivity index (χ1) is 18.4. The predicted molar refractivity (Wildman–Crippen MR) is 143 cm³/mol. The smallest absolute Gasteiger partial charge is 0.264 e. The number of methoxy groups -OCH3 is 1. The lowest BCUT2D eigenvalue weighted by Crippen LogP contribution is -2.31. The number of hydrogen-bond acceptors (Lipinski definition) is 7. The molecule has 0 saturated heterocycles. The maximum absolute atomic E-state index is 15.2. The lowest BCUT2D eigenvalue weighted by molar-refractivity contribution is -0.120. The Morgan fingerprint density at radius 2 is 1.77 bits per heavy atom. The van der Waals surface area contributed by atoms with Gasteiger partial charge in [-0.2, -0.15) is 5.26 Å². The van der Waals surface area contributed by atoms with Crippen molar-refractivity contribution in [2.24, 2.45) is 0 Å². The molecule has 0 aliphatic carbocycles.